The number of nitrogens with zero attached hydrogens (tertiary/aromatic N) is 2. The summed E-state index contributed by atoms with van der Waals surface area (Å²) >= 11 is 0. The molecule has 2 rings (SSSR count). The smallest absolute Gasteiger partial charge is 0.411 e. The molecule has 6 N–H and O–H groups in total. The lowest BCUT2D eigenvalue weighted by Crippen LogP contribution is -2.22. The third kappa shape index (κ3) is 11.2. The second kappa shape index (κ2) is 18.1. The third-order valence-corrected chi connectivity index (χ3v) is 5.91. The van der Waals surface area contributed by atoms with Gasteiger partial charge in [0.1, 0.15) is 12.4 Å². The first kappa shape index (κ1) is 33.8. The Kier molecular flexibility index (Phi) is 14.6. The van der Waals surface area contributed by atoms with Crippen molar-refractivity contribution in [3.63, 3.8) is 0 Å². The number of unbranched alkanes of at least 4 members (excludes halogenated alkanes) is 1. The van der Waals surface area contributed by atoms with Gasteiger partial charge in [0.2, 0.25) is 0 Å². The molecule has 0 spiro atoms. The summed E-state index contributed by atoms with van der Waals surface area (Å²) in [6.07, 6.45) is 2.63. The van der Waals surface area contributed by atoms with Crippen molar-refractivity contribution in [3.8, 4) is 0 Å². The highest BCUT2D eigenvalue weighted by molar-refractivity contribution is 6.00. The largest absolute Gasteiger partial charge is 0.465 e. The first-order valence-corrected chi connectivity index (χ1v) is 13.3. The summed E-state index contributed by atoms with van der Waals surface area (Å²) in [5.74, 6) is -1.64. The van der Waals surface area contributed by atoms with Crippen molar-refractivity contribution in [3.05, 3.63) is 67.5 Å². The number of carbonyl (C=O) groups is 2. The van der Waals surface area contributed by atoms with Gasteiger partial charge in [-0.2, -0.15) is 0 Å². The van der Waals surface area contributed by atoms with Crippen molar-refractivity contribution in [2.75, 3.05) is 57.0 Å². The van der Waals surface area contributed by atoms with Crippen LogP contribution in [0.15, 0.2) is 30.3 Å². The minimum atomic E-state index is -1.06. The topological polar surface area (TPSA) is 213 Å². The number of benzene rings is 2. The standard InChI is InChI=1S/C26H36FN7O8/c1-41-25(35)19-15-20(27)22(31-13-5-12-30-10-3-2-9-29-11-4-8-28)16-21(19)32-26(36)42-17-18-6-7-23(33(37)38)24(14-18)34(39)40/h6-7,14-16,29-31H,2-5,8-13,17,28H2,1H3,(H,32,36). The Balaban J connectivity index is 1.92. The average molecular weight is 594 g/mol. The number of halogens is 1. The van der Waals surface area contributed by atoms with E-state index in [1.54, 1.807) is 0 Å². The molecule has 0 heterocycles. The Morgan fingerprint density at radius 1 is 0.881 bits per heavy atom. The van der Waals surface area contributed by atoms with Crippen molar-refractivity contribution in [1.82, 2.24) is 10.6 Å². The predicted octanol–water partition coefficient (Wildman–Crippen LogP) is 3.29. The number of nitro benzene ring substituents is 2. The molecule has 0 unspecified atom stereocenters. The van der Waals surface area contributed by atoms with E-state index in [-0.39, 0.29) is 22.5 Å². The number of rotatable bonds is 19. The van der Waals surface area contributed by atoms with Gasteiger partial charge in [-0.3, -0.25) is 25.5 Å². The van der Waals surface area contributed by atoms with Crippen LogP contribution >= 0.6 is 0 Å². The summed E-state index contributed by atoms with van der Waals surface area (Å²) in [6, 6.07) is 5.20. The summed E-state index contributed by atoms with van der Waals surface area (Å²) in [7, 11) is 1.10. The van der Waals surface area contributed by atoms with E-state index >= 15 is 0 Å². The number of amides is 1. The van der Waals surface area contributed by atoms with Gasteiger partial charge in [-0.25, -0.2) is 14.0 Å². The number of nitrogens with two attached hydrogens (primary N) is 1. The fourth-order valence-corrected chi connectivity index (χ4v) is 3.76. The molecule has 0 saturated heterocycles. The number of esters is 1. The maximum absolute atomic E-state index is 14.7. The van der Waals surface area contributed by atoms with Gasteiger partial charge in [0.15, 0.2) is 0 Å². The van der Waals surface area contributed by atoms with Gasteiger partial charge in [-0.05, 0) is 82.2 Å². The molecule has 0 saturated carbocycles. The van der Waals surface area contributed by atoms with Crippen molar-refractivity contribution in [2.45, 2.75) is 32.3 Å². The van der Waals surface area contributed by atoms with Gasteiger partial charge in [-0.1, -0.05) is 0 Å². The van der Waals surface area contributed by atoms with Gasteiger partial charge in [0.25, 0.3) is 0 Å². The Hall–Kier alpha value is -4.41. The molecular formula is C26H36FN7O8. The molecule has 0 aromatic heterocycles. The minimum absolute atomic E-state index is 0.0347. The molecule has 15 nitrogen and oxygen atoms in total. The second-order valence-corrected chi connectivity index (χ2v) is 9.04. The monoisotopic (exact) mass is 593 g/mol. The van der Waals surface area contributed by atoms with E-state index in [0.29, 0.717) is 26.1 Å². The molecule has 0 aliphatic carbocycles. The van der Waals surface area contributed by atoms with E-state index in [1.165, 1.54) is 12.1 Å². The first-order chi connectivity index (χ1) is 20.2. The number of nitrogens with one attached hydrogen (secondary N) is 4. The van der Waals surface area contributed by atoms with Crippen molar-refractivity contribution >= 4 is 34.8 Å². The highest BCUT2D eigenvalue weighted by atomic mass is 19.1. The van der Waals surface area contributed by atoms with Crippen LogP contribution in [0.1, 0.15) is 41.6 Å². The van der Waals surface area contributed by atoms with Crippen LogP contribution in [0.2, 0.25) is 0 Å². The summed E-state index contributed by atoms with van der Waals surface area (Å²) < 4.78 is 24.4. The fraction of sp³-hybridized carbons (Fsp3) is 0.462. The fourth-order valence-electron chi connectivity index (χ4n) is 3.76. The van der Waals surface area contributed by atoms with E-state index in [1.807, 2.05) is 0 Å². The Labute approximate surface area is 241 Å². The molecule has 0 aliphatic rings. The average Bonchev–Trinajstić information content (AvgIpc) is 2.97. The van der Waals surface area contributed by atoms with Crippen molar-refractivity contribution in [2.24, 2.45) is 5.73 Å². The SMILES string of the molecule is COC(=O)c1cc(F)c(NCCCNCCCCNCCCN)cc1NC(=O)OCc1ccc([N+](=O)[O-])c([N+](=O)[O-])c1. The number of hydrogen-bond donors (Lipinski definition) is 5. The molecule has 230 valence electrons. The highest BCUT2D eigenvalue weighted by Gasteiger charge is 2.24. The molecule has 2 aromatic carbocycles. The van der Waals surface area contributed by atoms with Gasteiger partial charge in [0, 0.05) is 18.7 Å². The van der Waals surface area contributed by atoms with Crippen LogP contribution in [0.4, 0.5) is 31.9 Å². The third-order valence-electron chi connectivity index (χ3n) is 5.91. The molecule has 0 fully saturated rings. The van der Waals surface area contributed by atoms with Crippen LogP contribution in [0, 0.1) is 26.0 Å². The van der Waals surface area contributed by atoms with Crippen LogP contribution < -0.4 is 27.0 Å². The number of nitro groups is 2. The molecule has 16 heteroatoms. The van der Waals surface area contributed by atoms with Crippen LogP contribution in [0.3, 0.4) is 0 Å². The molecule has 0 bridgehead atoms. The van der Waals surface area contributed by atoms with Crippen LogP contribution in [0.5, 0.6) is 0 Å². The van der Waals surface area contributed by atoms with Gasteiger partial charge in [0.05, 0.1) is 33.9 Å². The van der Waals surface area contributed by atoms with Crippen LogP contribution in [-0.4, -0.2) is 68.3 Å². The van der Waals surface area contributed by atoms with Crippen LogP contribution in [0.25, 0.3) is 0 Å². The van der Waals surface area contributed by atoms with E-state index in [9.17, 15) is 34.2 Å². The lowest BCUT2D eigenvalue weighted by Gasteiger charge is -2.14. The summed E-state index contributed by atoms with van der Waals surface area (Å²) in [4.78, 5) is 44.9. The number of ether oxygens (including phenoxy) is 2. The van der Waals surface area contributed by atoms with Crippen molar-refractivity contribution < 1.29 is 33.3 Å². The lowest BCUT2D eigenvalue weighted by molar-refractivity contribution is -0.422. The Morgan fingerprint density at radius 3 is 2.14 bits per heavy atom. The van der Waals surface area contributed by atoms with Gasteiger partial charge in [-0.15, -0.1) is 0 Å². The number of anilines is 2. The minimum Gasteiger partial charge on any atom is -0.465 e. The number of methoxy groups -OCH3 is 1. The van der Waals surface area contributed by atoms with Gasteiger partial charge >= 0.3 is 23.4 Å². The maximum atomic E-state index is 14.7. The molecule has 0 atom stereocenters. The number of hydrogen-bond acceptors (Lipinski definition) is 12. The van der Waals surface area contributed by atoms with Gasteiger partial charge < -0.3 is 31.2 Å². The Bertz CT molecular complexity index is 1230. The second-order valence-electron chi connectivity index (χ2n) is 9.04. The van der Waals surface area contributed by atoms with E-state index < -0.39 is 45.7 Å². The quantitative estimate of drug-likeness (QED) is 0.0687. The highest BCUT2D eigenvalue weighted by Crippen LogP contribution is 2.28. The van der Waals surface area contributed by atoms with E-state index in [2.05, 4.69) is 26.0 Å². The van der Waals surface area contributed by atoms with E-state index in [4.69, 9.17) is 10.5 Å². The Morgan fingerprint density at radius 2 is 1.52 bits per heavy atom. The first-order valence-electron chi connectivity index (χ1n) is 13.3. The zero-order valence-electron chi connectivity index (χ0n) is 23.3. The van der Waals surface area contributed by atoms with E-state index in [0.717, 1.165) is 64.2 Å². The molecule has 42 heavy (non-hydrogen) atoms. The zero-order chi connectivity index (χ0) is 30.9. The predicted molar refractivity (Wildman–Crippen MR) is 153 cm³/mol. The maximum Gasteiger partial charge on any atom is 0.411 e. The molecular weight excluding hydrogens is 557 g/mol. The summed E-state index contributed by atoms with van der Waals surface area (Å²) in [5.41, 5.74) is 3.78. The molecule has 0 radical (unpaired) electrons. The van der Waals surface area contributed by atoms with Crippen molar-refractivity contribution in [1.29, 1.82) is 0 Å². The molecule has 0 aliphatic heterocycles. The summed E-state index contributed by atoms with van der Waals surface area (Å²) in [5, 5.41) is 34.0. The normalized spacial score (nSPS) is 10.6. The molecule has 2 aromatic rings. The summed E-state index contributed by atoms with van der Waals surface area (Å²) in [6.45, 7) is 4.02. The lowest BCUT2D eigenvalue weighted by atomic mass is 10.1. The number of carbonyl (C=O) groups excluding carboxylic acids is 2. The zero-order valence-corrected chi connectivity index (χ0v) is 23.3. The molecule has 1 amide bonds. The van der Waals surface area contributed by atoms with Crippen LogP contribution in [-0.2, 0) is 16.1 Å².